The van der Waals surface area contributed by atoms with Crippen molar-refractivity contribution in [3.63, 3.8) is 0 Å². The molecule has 0 saturated heterocycles. The van der Waals surface area contributed by atoms with Gasteiger partial charge in [-0.3, -0.25) is 4.90 Å². The molecule has 2 heterocycles. The molecule has 2 aromatic heterocycles. The Labute approximate surface area is 196 Å². The number of halogens is 5. The van der Waals surface area contributed by atoms with Crippen molar-refractivity contribution in [2.75, 3.05) is 11.4 Å². The highest BCUT2D eigenvalue weighted by molar-refractivity contribution is 14.1. The Morgan fingerprint density at radius 2 is 2.00 bits per heavy atom. The van der Waals surface area contributed by atoms with Crippen LogP contribution in [0.4, 0.5) is 28.2 Å². The molecule has 1 amide bonds. The van der Waals surface area contributed by atoms with Crippen LogP contribution in [0.5, 0.6) is 0 Å². The van der Waals surface area contributed by atoms with Crippen molar-refractivity contribution < 1.29 is 31.6 Å². The molecule has 0 aliphatic heterocycles. The molecule has 3 rings (SSSR count). The van der Waals surface area contributed by atoms with E-state index in [4.69, 9.17) is 9.26 Å². The quantitative estimate of drug-likeness (QED) is 0.216. The molecule has 32 heavy (non-hydrogen) atoms. The largest absolute Gasteiger partial charge is 0.433 e. The van der Waals surface area contributed by atoms with Gasteiger partial charge in [0.05, 0.1) is 9.77 Å². The molecule has 2 aromatic rings. The van der Waals surface area contributed by atoms with E-state index < -0.39 is 23.7 Å². The zero-order chi connectivity index (χ0) is 23.5. The number of alkyl halides is 3. The standard InChI is InChI=1S/C20H23F4IN4O3/c1-19(2,20(22,23)24)31-18(30)29(15-10-14(25)13(21)11-26-15)9-5-3-4-6-16-27-17(28-32-16)12-7-8-12/h10-12H,3-9H2,1-2H3. The Kier molecular flexibility index (Phi) is 7.61. The van der Waals surface area contributed by atoms with Gasteiger partial charge < -0.3 is 9.26 Å². The van der Waals surface area contributed by atoms with E-state index in [-0.39, 0.29) is 15.9 Å². The molecule has 1 aliphatic carbocycles. The lowest BCUT2D eigenvalue weighted by Crippen LogP contribution is -2.47. The highest BCUT2D eigenvalue weighted by Crippen LogP contribution is 2.38. The molecule has 7 nitrogen and oxygen atoms in total. The predicted octanol–water partition coefficient (Wildman–Crippen LogP) is 5.78. The molecule has 0 unspecified atom stereocenters. The van der Waals surface area contributed by atoms with Crippen molar-refractivity contribution in [1.29, 1.82) is 0 Å². The molecule has 0 radical (unpaired) electrons. The van der Waals surface area contributed by atoms with Crippen LogP contribution in [0, 0.1) is 9.39 Å². The highest BCUT2D eigenvalue weighted by Gasteiger charge is 2.51. The first-order chi connectivity index (χ1) is 15.0. The van der Waals surface area contributed by atoms with Gasteiger partial charge in [-0.25, -0.2) is 14.2 Å². The summed E-state index contributed by atoms with van der Waals surface area (Å²) in [5.41, 5.74) is -2.69. The summed E-state index contributed by atoms with van der Waals surface area (Å²) in [5, 5.41) is 3.95. The van der Waals surface area contributed by atoms with Crippen LogP contribution in [-0.4, -0.2) is 39.5 Å². The summed E-state index contributed by atoms with van der Waals surface area (Å²) in [7, 11) is 0. The maximum Gasteiger partial charge on any atom is 0.427 e. The maximum absolute atomic E-state index is 13.6. The molecule has 1 aliphatic rings. The number of amides is 1. The number of unbranched alkanes of at least 4 members (excludes halogenated alkanes) is 2. The van der Waals surface area contributed by atoms with E-state index in [0.717, 1.165) is 43.6 Å². The van der Waals surface area contributed by atoms with Gasteiger partial charge in [0.2, 0.25) is 11.5 Å². The summed E-state index contributed by atoms with van der Waals surface area (Å²) in [6.45, 7) is 1.59. The van der Waals surface area contributed by atoms with Crippen molar-refractivity contribution in [2.24, 2.45) is 0 Å². The van der Waals surface area contributed by atoms with E-state index in [2.05, 4.69) is 15.1 Å². The van der Waals surface area contributed by atoms with Gasteiger partial charge in [0.1, 0.15) is 5.82 Å². The molecular formula is C20H23F4IN4O3. The van der Waals surface area contributed by atoms with Gasteiger partial charge in [-0.2, -0.15) is 18.2 Å². The van der Waals surface area contributed by atoms with Crippen molar-refractivity contribution in [2.45, 2.75) is 70.1 Å². The average molecular weight is 570 g/mol. The van der Waals surface area contributed by atoms with Crippen molar-refractivity contribution in [3.05, 3.63) is 33.4 Å². The van der Waals surface area contributed by atoms with Gasteiger partial charge in [0, 0.05) is 18.9 Å². The van der Waals surface area contributed by atoms with E-state index in [1.54, 1.807) is 22.6 Å². The van der Waals surface area contributed by atoms with Crippen LogP contribution in [0.25, 0.3) is 0 Å². The third-order valence-electron chi connectivity index (χ3n) is 5.01. The van der Waals surface area contributed by atoms with E-state index in [1.807, 2.05) is 0 Å². The number of hydrogen-bond donors (Lipinski definition) is 0. The summed E-state index contributed by atoms with van der Waals surface area (Å²) in [6.07, 6.45) is -0.517. The van der Waals surface area contributed by atoms with Crippen LogP contribution in [0.15, 0.2) is 16.8 Å². The zero-order valence-electron chi connectivity index (χ0n) is 17.6. The van der Waals surface area contributed by atoms with E-state index in [9.17, 15) is 22.4 Å². The minimum Gasteiger partial charge on any atom is -0.433 e. The normalized spacial score (nSPS) is 14.5. The van der Waals surface area contributed by atoms with E-state index in [1.165, 1.54) is 6.07 Å². The molecule has 0 atom stereocenters. The Morgan fingerprint density at radius 3 is 2.62 bits per heavy atom. The fourth-order valence-corrected chi connectivity index (χ4v) is 3.20. The lowest BCUT2D eigenvalue weighted by molar-refractivity contribution is -0.243. The van der Waals surface area contributed by atoms with E-state index >= 15 is 0 Å². The third-order valence-corrected chi connectivity index (χ3v) is 5.84. The summed E-state index contributed by atoms with van der Waals surface area (Å²) in [6, 6.07) is 1.29. The Morgan fingerprint density at radius 1 is 1.28 bits per heavy atom. The second kappa shape index (κ2) is 9.87. The molecule has 1 saturated carbocycles. The lowest BCUT2D eigenvalue weighted by Gasteiger charge is -2.31. The van der Waals surface area contributed by atoms with Crippen LogP contribution >= 0.6 is 22.6 Å². The second-order valence-electron chi connectivity index (χ2n) is 8.12. The molecule has 0 N–H and O–H groups in total. The van der Waals surface area contributed by atoms with E-state index in [0.29, 0.717) is 37.5 Å². The third kappa shape index (κ3) is 6.29. The number of aromatic nitrogens is 3. The number of anilines is 1. The zero-order valence-corrected chi connectivity index (χ0v) is 19.7. The molecular weight excluding hydrogens is 547 g/mol. The average Bonchev–Trinajstić information content (AvgIpc) is 3.44. The minimum atomic E-state index is -4.75. The van der Waals surface area contributed by atoms with Crippen LogP contribution < -0.4 is 4.90 Å². The Hall–Kier alpha value is -1.99. The SMILES string of the molecule is CC(C)(OC(=O)N(CCCCCc1nc(C2CC2)no1)c1cc(I)c(F)cn1)C(F)(F)F. The number of hydrogen-bond acceptors (Lipinski definition) is 6. The fourth-order valence-electron chi connectivity index (χ4n) is 2.78. The minimum absolute atomic E-state index is 0.0183. The number of carbonyl (C=O) groups is 1. The molecule has 0 aromatic carbocycles. The first-order valence-corrected chi connectivity index (χ1v) is 11.3. The monoisotopic (exact) mass is 570 g/mol. The number of aryl methyl sites for hydroxylation is 1. The summed E-state index contributed by atoms with van der Waals surface area (Å²) in [5.74, 6) is 1.11. The summed E-state index contributed by atoms with van der Waals surface area (Å²) >= 11 is 1.72. The second-order valence-corrected chi connectivity index (χ2v) is 9.28. The maximum atomic E-state index is 13.6. The molecule has 0 spiro atoms. The topological polar surface area (TPSA) is 81.4 Å². The first-order valence-electron chi connectivity index (χ1n) is 10.2. The number of pyridine rings is 1. The molecule has 1 fully saturated rings. The first kappa shape index (κ1) is 24.6. The van der Waals surface area contributed by atoms with Crippen molar-refractivity contribution in [1.82, 2.24) is 15.1 Å². The van der Waals surface area contributed by atoms with Gasteiger partial charge in [-0.1, -0.05) is 11.6 Å². The van der Waals surface area contributed by atoms with Crippen molar-refractivity contribution in [3.8, 4) is 0 Å². The van der Waals surface area contributed by atoms with Crippen LogP contribution in [-0.2, 0) is 11.2 Å². The smallest absolute Gasteiger partial charge is 0.427 e. The van der Waals surface area contributed by atoms with Gasteiger partial charge in [-0.05, 0) is 68.2 Å². The summed E-state index contributed by atoms with van der Waals surface area (Å²) < 4.78 is 63.2. The van der Waals surface area contributed by atoms with Crippen LogP contribution in [0.1, 0.15) is 63.6 Å². The molecule has 0 bridgehead atoms. The predicted molar refractivity (Wildman–Crippen MR) is 115 cm³/mol. The molecule has 176 valence electrons. The molecule has 12 heteroatoms. The number of ether oxygens (including phenoxy) is 1. The van der Waals surface area contributed by atoms with Crippen LogP contribution in [0.2, 0.25) is 0 Å². The number of carbonyl (C=O) groups excluding carboxylic acids is 1. The highest BCUT2D eigenvalue weighted by atomic mass is 127. The lowest BCUT2D eigenvalue weighted by atomic mass is 10.1. The Balaban J connectivity index is 1.59. The van der Waals surface area contributed by atoms with Gasteiger partial charge in [0.15, 0.2) is 11.6 Å². The number of nitrogens with zero attached hydrogens (tertiary/aromatic N) is 4. The Bertz CT molecular complexity index is 947. The number of rotatable bonds is 9. The van der Waals surface area contributed by atoms with Crippen LogP contribution in [0.3, 0.4) is 0 Å². The van der Waals surface area contributed by atoms with Gasteiger partial charge >= 0.3 is 12.3 Å². The van der Waals surface area contributed by atoms with Crippen molar-refractivity contribution >= 4 is 34.5 Å². The fraction of sp³-hybridized carbons (Fsp3) is 0.600. The van der Waals surface area contributed by atoms with Gasteiger partial charge in [-0.15, -0.1) is 0 Å². The van der Waals surface area contributed by atoms with Gasteiger partial charge in [0.25, 0.3) is 0 Å². The summed E-state index contributed by atoms with van der Waals surface area (Å²) in [4.78, 5) is 21.8.